The predicted octanol–water partition coefficient (Wildman–Crippen LogP) is 2.48. The van der Waals surface area contributed by atoms with E-state index in [2.05, 4.69) is 4.90 Å². The molecule has 2 amide bonds. The zero-order valence-electron chi connectivity index (χ0n) is 17.2. The molecule has 160 valence electrons. The first-order valence-corrected chi connectivity index (χ1v) is 11.7. The number of amides is 2. The standard InChI is InChI=1S/C22H26N2O5S/c1-23(13-7-15-29-17-8-5-9-18(16-17)30(2,27)28)12-6-14-24-21(25)19-10-3-4-11-20(19)22(24)26/h3-5,8-11,16H,6-7,12-15H2,1-2H3. The van der Waals surface area contributed by atoms with Crippen molar-refractivity contribution in [3.8, 4) is 5.75 Å². The number of hydrogen-bond acceptors (Lipinski definition) is 6. The molecule has 0 radical (unpaired) electrons. The van der Waals surface area contributed by atoms with Gasteiger partial charge in [-0.25, -0.2) is 8.42 Å². The Morgan fingerprint density at radius 1 is 0.933 bits per heavy atom. The third-order valence-electron chi connectivity index (χ3n) is 4.99. The maximum absolute atomic E-state index is 12.4. The Morgan fingerprint density at radius 2 is 1.57 bits per heavy atom. The average Bonchev–Trinajstić information content (AvgIpc) is 2.96. The zero-order chi connectivity index (χ0) is 21.7. The molecule has 3 rings (SSSR count). The van der Waals surface area contributed by atoms with Crippen molar-refractivity contribution in [2.45, 2.75) is 17.7 Å². The fraction of sp³-hybridized carbons (Fsp3) is 0.364. The number of hydrogen-bond donors (Lipinski definition) is 0. The van der Waals surface area contributed by atoms with Crippen LogP contribution in [-0.4, -0.2) is 69.6 Å². The number of carbonyl (C=O) groups excluding carboxylic acids is 2. The molecule has 0 aliphatic carbocycles. The van der Waals surface area contributed by atoms with E-state index in [4.69, 9.17) is 4.74 Å². The molecule has 0 saturated carbocycles. The van der Waals surface area contributed by atoms with E-state index in [9.17, 15) is 18.0 Å². The highest BCUT2D eigenvalue weighted by Gasteiger charge is 2.34. The first kappa shape index (κ1) is 22.0. The molecular formula is C22H26N2O5S. The summed E-state index contributed by atoms with van der Waals surface area (Å²) in [5.74, 6) is 0.0946. The lowest BCUT2D eigenvalue weighted by molar-refractivity contribution is 0.0648. The van der Waals surface area contributed by atoms with Crippen LogP contribution < -0.4 is 4.74 Å². The average molecular weight is 431 g/mol. The van der Waals surface area contributed by atoms with Crippen LogP contribution in [0.4, 0.5) is 0 Å². The van der Waals surface area contributed by atoms with Crippen LogP contribution in [-0.2, 0) is 9.84 Å². The van der Waals surface area contributed by atoms with Gasteiger partial charge in [-0.05, 0) is 56.8 Å². The summed E-state index contributed by atoms with van der Waals surface area (Å²) in [5, 5.41) is 0. The maximum Gasteiger partial charge on any atom is 0.261 e. The molecule has 0 bridgehead atoms. The van der Waals surface area contributed by atoms with Gasteiger partial charge in [0.25, 0.3) is 11.8 Å². The lowest BCUT2D eigenvalue weighted by Gasteiger charge is -2.19. The van der Waals surface area contributed by atoms with Gasteiger partial charge in [-0.2, -0.15) is 0 Å². The van der Waals surface area contributed by atoms with Crippen molar-refractivity contribution in [3.63, 3.8) is 0 Å². The van der Waals surface area contributed by atoms with E-state index in [0.717, 1.165) is 19.5 Å². The Kier molecular flexibility index (Phi) is 6.89. The van der Waals surface area contributed by atoms with Crippen LogP contribution >= 0.6 is 0 Å². The van der Waals surface area contributed by atoms with Crippen molar-refractivity contribution in [1.82, 2.24) is 9.80 Å². The number of fused-ring (bicyclic) bond motifs is 1. The van der Waals surface area contributed by atoms with E-state index >= 15 is 0 Å². The van der Waals surface area contributed by atoms with Crippen LogP contribution in [0.2, 0.25) is 0 Å². The van der Waals surface area contributed by atoms with Gasteiger partial charge in [0.2, 0.25) is 0 Å². The zero-order valence-corrected chi connectivity index (χ0v) is 18.0. The van der Waals surface area contributed by atoms with Crippen LogP contribution in [0.15, 0.2) is 53.4 Å². The summed E-state index contributed by atoms with van der Waals surface area (Å²) in [5.41, 5.74) is 0.959. The Labute approximate surface area is 177 Å². The van der Waals surface area contributed by atoms with E-state index in [1.807, 2.05) is 7.05 Å². The normalized spacial score (nSPS) is 13.8. The van der Waals surface area contributed by atoms with E-state index < -0.39 is 9.84 Å². The molecule has 1 aliphatic rings. The minimum Gasteiger partial charge on any atom is -0.494 e. The first-order valence-electron chi connectivity index (χ1n) is 9.84. The highest BCUT2D eigenvalue weighted by atomic mass is 32.2. The number of benzene rings is 2. The molecule has 1 heterocycles. The second kappa shape index (κ2) is 9.40. The number of rotatable bonds is 10. The van der Waals surface area contributed by atoms with Crippen molar-refractivity contribution in [2.75, 3.05) is 39.5 Å². The predicted molar refractivity (Wildman–Crippen MR) is 114 cm³/mol. The van der Waals surface area contributed by atoms with Crippen molar-refractivity contribution in [2.24, 2.45) is 0 Å². The monoisotopic (exact) mass is 430 g/mol. The van der Waals surface area contributed by atoms with Gasteiger partial charge in [0, 0.05) is 19.3 Å². The fourth-order valence-electron chi connectivity index (χ4n) is 3.37. The minimum absolute atomic E-state index is 0.219. The molecule has 1 aliphatic heterocycles. The molecular weight excluding hydrogens is 404 g/mol. The Hall–Kier alpha value is -2.71. The fourth-order valence-corrected chi connectivity index (χ4v) is 4.03. The quantitative estimate of drug-likeness (QED) is 0.425. The molecule has 0 spiro atoms. The number of carbonyl (C=O) groups is 2. The van der Waals surface area contributed by atoms with Gasteiger partial charge in [-0.1, -0.05) is 18.2 Å². The van der Waals surface area contributed by atoms with E-state index in [0.29, 0.717) is 36.4 Å². The summed E-state index contributed by atoms with van der Waals surface area (Å²) in [6.07, 6.45) is 2.63. The molecule has 30 heavy (non-hydrogen) atoms. The van der Waals surface area contributed by atoms with Crippen LogP contribution in [0.25, 0.3) is 0 Å². The molecule has 0 fully saturated rings. The highest BCUT2D eigenvalue weighted by Crippen LogP contribution is 2.22. The molecule has 7 nitrogen and oxygen atoms in total. The summed E-state index contributed by atoms with van der Waals surface area (Å²) in [6, 6.07) is 13.4. The molecule has 2 aromatic carbocycles. The van der Waals surface area contributed by atoms with Crippen molar-refractivity contribution in [3.05, 3.63) is 59.7 Å². The van der Waals surface area contributed by atoms with Crippen molar-refractivity contribution < 1.29 is 22.7 Å². The number of imide groups is 1. The van der Waals surface area contributed by atoms with Crippen molar-refractivity contribution >= 4 is 21.7 Å². The Morgan fingerprint density at radius 3 is 2.20 bits per heavy atom. The largest absolute Gasteiger partial charge is 0.494 e. The van der Waals surface area contributed by atoms with Gasteiger partial charge in [0.05, 0.1) is 22.6 Å². The summed E-state index contributed by atoms with van der Waals surface area (Å²) in [6.45, 7) is 2.40. The van der Waals surface area contributed by atoms with Gasteiger partial charge in [0.1, 0.15) is 5.75 Å². The third-order valence-corrected chi connectivity index (χ3v) is 6.10. The smallest absolute Gasteiger partial charge is 0.261 e. The lowest BCUT2D eigenvalue weighted by atomic mass is 10.1. The van der Waals surface area contributed by atoms with E-state index in [1.165, 1.54) is 17.2 Å². The van der Waals surface area contributed by atoms with Gasteiger partial charge < -0.3 is 9.64 Å². The van der Waals surface area contributed by atoms with Crippen LogP contribution in [0.5, 0.6) is 5.75 Å². The van der Waals surface area contributed by atoms with Crippen LogP contribution in [0.3, 0.4) is 0 Å². The molecule has 0 unspecified atom stereocenters. The lowest BCUT2D eigenvalue weighted by Crippen LogP contribution is -2.33. The number of sulfone groups is 1. The van der Waals surface area contributed by atoms with E-state index in [1.54, 1.807) is 42.5 Å². The molecule has 0 aromatic heterocycles. The summed E-state index contributed by atoms with van der Waals surface area (Å²) >= 11 is 0. The first-order chi connectivity index (χ1) is 14.3. The molecule has 0 saturated heterocycles. The van der Waals surface area contributed by atoms with Gasteiger partial charge >= 0.3 is 0 Å². The van der Waals surface area contributed by atoms with Crippen LogP contribution in [0.1, 0.15) is 33.6 Å². The van der Waals surface area contributed by atoms with E-state index in [-0.39, 0.29) is 16.7 Å². The second-order valence-corrected chi connectivity index (χ2v) is 9.43. The summed E-state index contributed by atoms with van der Waals surface area (Å²) < 4.78 is 28.8. The van der Waals surface area contributed by atoms with Crippen molar-refractivity contribution in [1.29, 1.82) is 0 Å². The minimum atomic E-state index is -3.25. The SMILES string of the molecule is CN(CCCOc1cccc(S(C)(=O)=O)c1)CCCN1C(=O)c2ccccc2C1=O. The maximum atomic E-state index is 12.4. The second-order valence-electron chi connectivity index (χ2n) is 7.41. The number of ether oxygens (including phenoxy) is 1. The summed E-state index contributed by atoms with van der Waals surface area (Å²) in [4.78, 5) is 28.4. The topological polar surface area (TPSA) is 84.0 Å². The van der Waals surface area contributed by atoms with Gasteiger partial charge in [-0.3, -0.25) is 14.5 Å². The Balaban J connectivity index is 1.37. The highest BCUT2D eigenvalue weighted by molar-refractivity contribution is 7.90. The molecule has 8 heteroatoms. The third kappa shape index (κ3) is 5.25. The van der Waals surface area contributed by atoms with Gasteiger partial charge in [-0.15, -0.1) is 0 Å². The molecule has 2 aromatic rings. The number of nitrogens with zero attached hydrogens (tertiary/aromatic N) is 2. The van der Waals surface area contributed by atoms with Crippen LogP contribution in [0, 0.1) is 0 Å². The molecule has 0 N–H and O–H groups in total. The Bertz CT molecular complexity index is 1000. The molecule has 0 atom stereocenters. The summed E-state index contributed by atoms with van der Waals surface area (Å²) in [7, 11) is -1.27. The van der Waals surface area contributed by atoms with Gasteiger partial charge in [0.15, 0.2) is 9.84 Å².